The van der Waals surface area contributed by atoms with E-state index < -0.39 is 11.4 Å². The number of hydrogen-bond acceptors (Lipinski definition) is 2. The van der Waals surface area contributed by atoms with Gasteiger partial charge in [0.05, 0.1) is 5.41 Å². The minimum absolute atomic E-state index is 0.0187. The lowest BCUT2D eigenvalue weighted by Gasteiger charge is -2.29. The van der Waals surface area contributed by atoms with Gasteiger partial charge in [-0.25, -0.2) is 0 Å². The maximum absolute atomic E-state index is 12.7. The number of carbonyl (C=O) groups is 2. The Bertz CT molecular complexity index is 579. The predicted molar refractivity (Wildman–Crippen MR) is 90.2 cm³/mol. The van der Waals surface area contributed by atoms with E-state index in [1.165, 1.54) is 5.56 Å². The van der Waals surface area contributed by atoms with Crippen LogP contribution in [0.25, 0.3) is 0 Å². The van der Waals surface area contributed by atoms with E-state index in [0.717, 1.165) is 5.56 Å². The molecule has 0 aromatic heterocycles. The Kier molecular flexibility index (Phi) is 5.12. The summed E-state index contributed by atoms with van der Waals surface area (Å²) in [6.07, 6.45) is 1.24. The molecule has 0 radical (unpaired) electrons. The molecule has 1 heterocycles. The molecule has 1 fully saturated rings. The molecule has 2 atom stereocenters. The number of carbonyl (C=O) groups excluding carboxylic acids is 1. The molecule has 1 aliphatic heterocycles. The summed E-state index contributed by atoms with van der Waals surface area (Å²) in [5.41, 5.74) is 1.55. The van der Waals surface area contributed by atoms with Gasteiger partial charge in [-0.05, 0) is 31.2 Å². The molecule has 0 saturated carbocycles. The second kappa shape index (κ2) is 6.73. The number of carboxylic acid groups (broad SMARTS) is 1. The molecule has 23 heavy (non-hydrogen) atoms. The molecule has 0 spiro atoms. The van der Waals surface area contributed by atoms with Crippen molar-refractivity contribution in [3.05, 3.63) is 35.4 Å². The fourth-order valence-corrected chi connectivity index (χ4v) is 3.39. The van der Waals surface area contributed by atoms with Crippen molar-refractivity contribution in [3.63, 3.8) is 0 Å². The Morgan fingerprint density at radius 2 is 1.83 bits per heavy atom. The van der Waals surface area contributed by atoms with Gasteiger partial charge in [-0.1, -0.05) is 50.6 Å². The number of benzene rings is 1. The van der Waals surface area contributed by atoms with Gasteiger partial charge in [0.2, 0.25) is 5.91 Å². The number of likely N-dealkylation sites (tertiary alicyclic amines) is 1. The molecule has 1 N–H and O–H groups in total. The molecule has 1 aromatic carbocycles. The fraction of sp³-hybridized carbons (Fsp3) is 0.579. The van der Waals surface area contributed by atoms with Gasteiger partial charge < -0.3 is 10.0 Å². The van der Waals surface area contributed by atoms with Crippen LogP contribution in [-0.4, -0.2) is 35.0 Å². The zero-order valence-corrected chi connectivity index (χ0v) is 14.5. The Balaban J connectivity index is 2.03. The van der Waals surface area contributed by atoms with E-state index in [4.69, 9.17) is 0 Å². The van der Waals surface area contributed by atoms with Crippen LogP contribution in [0.1, 0.15) is 38.3 Å². The lowest BCUT2D eigenvalue weighted by atomic mass is 9.76. The lowest BCUT2D eigenvalue weighted by molar-refractivity contribution is -0.151. The van der Waals surface area contributed by atoms with Crippen molar-refractivity contribution in [2.24, 2.45) is 17.3 Å². The summed E-state index contributed by atoms with van der Waals surface area (Å²) < 4.78 is 0. The summed E-state index contributed by atoms with van der Waals surface area (Å²) in [4.78, 5) is 26.1. The van der Waals surface area contributed by atoms with Crippen LogP contribution in [0.2, 0.25) is 0 Å². The van der Waals surface area contributed by atoms with Gasteiger partial charge in [0, 0.05) is 19.0 Å². The van der Waals surface area contributed by atoms with Crippen LogP contribution in [0.3, 0.4) is 0 Å². The average Bonchev–Trinajstić information content (AvgIpc) is 2.95. The highest BCUT2D eigenvalue weighted by Crippen LogP contribution is 2.38. The Labute approximate surface area is 138 Å². The van der Waals surface area contributed by atoms with Crippen molar-refractivity contribution in [3.8, 4) is 0 Å². The van der Waals surface area contributed by atoms with Crippen LogP contribution < -0.4 is 0 Å². The molecule has 4 heteroatoms. The molecular formula is C19H27NO3. The molecule has 0 bridgehead atoms. The number of aliphatic carboxylic acids is 1. The minimum atomic E-state index is -0.792. The normalized spacial score (nSPS) is 22.4. The highest BCUT2D eigenvalue weighted by molar-refractivity contribution is 5.82. The number of nitrogens with zero attached hydrogens (tertiary/aromatic N) is 1. The highest BCUT2D eigenvalue weighted by atomic mass is 16.4. The number of aryl methyl sites for hydroxylation is 1. The third-order valence-corrected chi connectivity index (χ3v) is 5.23. The molecular weight excluding hydrogens is 290 g/mol. The van der Waals surface area contributed by atoms with E-state index in [2.05, 4.69) is 24.3 Å². The van der Waals surface area contributed by atoms with Gasteiger partial charge in [-0.2, -0.15) is 0 Å². The Morgan fingerprint density at radius 3 is 2.30 bits per heavy atom. The molecule has 1 saturated heterocycles. The first-order chi connectivity index (χ1) is 10.8. The first-order valence-electron chi connectivity index (χ1n) is 8.34. The van der Waals surface area contributed by atoms with Gasteiger partial charge >= 0.3 is 5.97 Å². The molecule has 1 amide bonds. The first kappa shape index (κ1) is 17.5. The molecule has 2 rings (SSSR count). The van der Waals surface area contributed by atoms with Crippen LogP contribution >= 0.6 is 0 Å². The molecule has 1 aliphatic rings. The minimum Gasteiger partial charge on any atom is -0.481 e. The molecule has 4 nitrogen and oxygen atoms in total. The van der Waals surface area contributed by atoms with Crippen molar-refractivity contribution in [1.82, 2.24) is 4.90 Å². The SMILES string of the molecule is Cc1ccc(CC(C)C(=O)N2CCC(C(=O)O)(C(C)C)C2)cc1. The van der Waals surface area contributed by atoms with E-state index in [0.29, 0.717) is 25.9 Å². The first-order valence-corrected chi connectivity index (χ1v) is 8.34. The topological polar surface area (TPSA) is 57.6 Å². The fourth-order valence-electron chi connectivity index (χ4n) is 3.39. The number of hydrogen-bond donors (Lipinski definition) is 1. The summed E-state index contributed by atoms with van der Waals surface area (Å²) in [6.45, 7) is 8.70. The Hall–Kier alpha value is -1.84. The van der Waals surface area contributed by atoms with Crippen molar-refractivity contribution in [2.75, 3.05) is 13.1 Å². The number of carboxylic acids is 1. The zero-order valence-electron chi connectivity index (χ0n) is 14.5. The average molecular weight is 317 g/mol. The van der Waals surface area contributed by atoms with Crippen LogP contribution in [-0.2, 0) is 16.0 Å². The van der Waals surface area contributed by atoms with Crippen molar-refractivity contribution in [2.45, 2.75) is 40.5 Å². The summed E-state index contributed by atoms with van der Waals surface area (Å²) in [5.74, 6) is -0.831. The molecule has 2 unspecified atom stereocenters. The zero-order chi connectivity index (χ0) is 17.2. The number of rotatable bonds is 5. The van der Waals surface area contributed by atoms with Gasteiger partial charge in [0.25, 0.3) is 0 Å². The standard InChI is InChI=1S/C19H27NO3/c1-13(2)19(18(22)23)9-10-20(12-19)17(21)15(4)11-16-7-5-14(3)6-8-16/h5-8,13,15H,9-12H2,1-4H3,(H,22,23). The van der Waals surface area contributed by atoms with Crippen LogP contribution in [0.15, 0.2) is 24.3 Å². The third-order valence-electron chi connectivity index (χ3n) is 5.23. The van der Waals surface area contributed by atoms with Crippen molar-refractivity contribution < 1.29 is 14.7 Å². The summed E-state index contributed by atoms with van der Waals surface area (Å²) >= 11 is 0. The predicted octanol–water partition coefficient (Wildman–Crippen LogP) is 3.13. The molecule has 0 aliphatic carbocycles. The smallest absolute Gasteiger partial charge is 0.311 e. The van der Waals surface area contributed by atoms with E-state index in [1.54, 1.807) is 4.90 Å². The van der Waals surface area contributed by atoms with Crippen molar-refractivity contribution >= 4 is 11.9 Å². The van der Waals surface area contributed by atoms with E-state index in [-0.39, 0.29) is 17.7 Å². The quantitative estimate of drug-likeness (QED) is 0.907. The van der Waals surface area contributed by atoms with Crippen LogP contribution in [0.5, 0.6) is 0 Å². The Morgan fingerprint density at radius 1 is 1.22 bits per heavy atom. The maximum Gasteiger partial charge on any atom is 0.311 e. The number of amides is 1. The maximum atomic E-state index is 12.7. The summed E-state index contributed by atoms with van der Waals surface area (Å²) in [6, 6.07) is 8.21. The van der Waals surface area contributed by atoms with Gasteiger partial charge in [0.1, 0.15) is 0 Å². The lowest BCUT2D eigenvalue weighted by Crippen LogP contribution is -2.42. The molecule has 1 aromatic rings. The second-order valence-corrected chi connectivity index (χ2v) is 7.22. The molecule has 126 valence electrons. The van der Waals surface area contributed by atoms with E-state index in [9.17, 15) is 14.7 Å². The van der Waals surface area contributed by atoms with Crippen molar-refractivity contribution in [1.29, 1.82) is 0 Å². The highest BCUT2D eigenvalue weighted by Gasteiger charge is 2.48. The van der Waals surface area contributed by atoms with Gasteiger partial charge in [-0.15, -0.1) is 0 Å². The van der Waals surface area contributed by atoms with Gasteiger partial charge in [0.15, 0.2) is 0 Å². The second-order valence-electron chi connectivity index (χ2n) is 7.22. The summed E-state index contributed by atoms with van der Waals surface area (Å²) in [7, 11) is 0. The van der Waals surface area contributed by atoms with Gasteiger partial charge in [-0.3, -0.25) is 9.59 Å². The van der Waals surface area contributed by atoms with E-state index >= 15 is 0 Å². The van der Waals surface area contributed by atoms with Crippen LogP contribution in [0, 0.1) is 24.2 Å². The van der Waals surface area contributed by atoms with Crippen LogP contribution in [0.4, 0.5) is 0 Å². The monoisotopic (exact) mass is 317 g/mol. The summed E-state index contributed by atoms with van der Waals surface area (Å²) in [5, 5.41) is 9.60. The largest absolute Gasteiger partial charge is 0.481 e. The third kappa shape index (κ3) is 3.57. The van der Waals surface area contributed by atoms with E-state index in [1.807, 2.05) is 27.7 Å².